The van der Waals surface area contributed by atoms with E-state index in [0.29, 0.717) is 24.3 Å². The molecular formula is C12H24N2O2S. The second-order valence-corrected chi connectivity index (χ2v) is 6.01. The van der Waals surface area contributed by atoms with Gasteiger partial charge in [0.05, 0.1) is 13.2 Å². The molecule has 1 aliphatic heterocycles. The van der Waals surface area contributed by atoms with Crippen LogP contribution in [0.2, 0.25) is 0 Å². The predicted molar refractivity (Wildman–Crippen MR) is 72.4 cm³/mol. The minimum atomic E-state index is 0.215. The normalized spacial score (nSPS) is 20.9. The first kappa shape index (κ1) is 14.8. The van der Waals surface area contributed by atoms with Crippen LogP contribution < -0.4 is 5.32 Å². The average molecular weight is 260 g/mol. The lowest BCUT2D eigenvalue weighted by atomic mass is 10.1. The Morgan fingerprint density at radius 1 is 1.59 bits per heavy atom. The van der Waals surface area contributed by atoms with E-state index in [2.05, 4.69) is 19.2 Å². The van der Waals surface area contributed by atoms with Gasteiger partial charge in [-0.15, -0.1) is 0 Å². The zero-order valence-corrected chi connectivity index (χ0v) is 11.9. The third-order valence-electron chi connectivity index (χ3n) is 2.95. The van der Waals surface area contributed by atoms with E-state index >= 15 is 0 Å². The standard InChI is InChI=1S/C12H24N2O2S/c1-10(2)11-9-14(5-7-17-11)12(15)8-13-4-6-16-3/h10-11,13H,4-9H2,1-3H3. The number of methoxy groups -OCH3 is 1. The van der Waals surface area contributed by atoms with Crippen molar-refractivity contribution in [3.63, 3.8) is 0 Å². The molecule has 4 nitrogen and oxygen atoms in total. The van der Waals surface area contributed by atoms with Crippen LogP contribution in [-0.4, -0.2) is 61.7 Å². The zero-order chi connectivity index (χ0) is 12.7. The van der Waals surface area contributed by atoms with Crippen LogP contribution in [0.1, 0.15) is 13.8 Å². The predicted octanol–water partition coefficient (Wildman–Crippen LogP) is 0.822. The van der Waals surface area contributed by atoms with Gasteiger partial charge in [-0.2, -0.15) is 11.8 Å². The van der Waals surface area contributed by atoms with Crippen molar-refractivity contribution in [2.24, 2.45) is 5.92 Å². The molecule has 1 N–H and O–H groups in total. The van der Waals surface area contributed by atoms with Crippen LogP contribution in [0.25, 0.3) is 0 Å². The van der Waals surface area contributed by atoms with Crippen molar-refractivity contribution in [3.05, 3.63) is 0 Å². The maximum Gasteiger partial charge on any atom is 0.236 e. The van der Waals surface area contributed by atoms with Gasteiger partial charge in [-0.1, -0.05) is 13.8 Å². The molecule has 0 aromatic rings. The van der Waals surface area contributed by atoms with Gasteiger partial charge in [0.2, 0.25) is 5.91 Å². The summed E-state index contributed by atoms with van der Waals surface area (Å²) in [5.41, 5.74) is 0. The number of hydrogen-bond acceptors (Lipinski definition) is 4. The summed E-state index contributed by atoms with van der Waals surface area (Å²) in [5, 5.41) is 3.69. The second-order valence-electron chi connectivity index (χ2n) is 4.66. The number of carbonyl (C=O) groups is 1. The Balaban J connectivity index is 2.26. The molecule has 0 radical (unpaired) electrons. The molecule has 1 aliphatic rings. The quantitative estimate of drug-likeness (QED) is 0.718. The summed E-state index contributed by atoms with van der Waals surface area (Å²) in [5.74, 6) is 1.91. The summed E-state index contributed by atoms with van der Waals surface area (Å²) in [6.45, 7) is 8.05. The molecule has 1 amide bonds. The van der Waals surface area contributed by atoms with Gasteiger partial charge < -0.3 is 15.0 Å². The van der Waals surface area contributed by atoms with E-state index < -0.39 is 0 Å². The third kappa shape index (κ3) is 5.27. The van der Waals surface area contributed by atoms with Gasteiger partial charge in [0.25, 0.3) is 0 Å². The topological polar surface area (TPSA) is 41.6 Å². The fraction of sp³-hybridized carbons (Fsp3) is 0.917. The van der Waals surface area contributed by atoms with E-state index in [-0.39, 0.29) is 5.91 Å². The Bertz CT molecular complexity index is 237. The van der Waals surface area contributed by atoms with Gasteiger partial charge in [-0.3, -0.25) is 4.79 Å². The molecule has 5 heteroatoms. The minimum Gasteiger partial charge on any atom is -0.383 e. The largest absolute Gasteiger partial charge is 0.383 e. The lowest BCUT2D eigenvalue weighted by Gasteiger charge is -2.34. The molecule has 0 spiro atoms. The summed E-state index contributed by atoms with van der Waals surface area (Å²) in [6.07, 6.45) is 0. The summed E-state index contributed by atoms with van der Waals surface area (Å²) in [7, 11) is 1.67. The fourth-order valence-corrected chi connectivity index (χ4v) is 3.09. The Hall–Kier alpha value is -0.260. The highest BCUT2D eigenvalue weighted by molar-refractivity contribution is 8.00. The third-order valence-corrected chi connectivity index (χ3v) is 4.49. The van der Waals surface area contributed by atoms with Crippen molar-refractivity contribution in [1.82, 2.24) is 10.2 Å². The molecule has 0 saturated carbocycles. The van der Waals surface area contributed by atoms with E-state index in [4.69, 9.17) is 4.74 Å². The number of nitrogens with one attached hydrogen (secondary N) is 1. The molecule has 100 valence electrons. The van der Waals surface area contributed by atoms with Crippen molar-refractivity contribution in [2.45, 2.75) is 19.1 Å². The van der Waals surface area contributed by atoms with Crippen LogP contribution in [0.3, 0.4) is 0 Å². The van der Waals surface area contributed by atoms with Crippen LogP contribution in [0.15, 0.2) is 0 Å². The average Bonchev–Trinajstić information content (AvgIpc) is 2.34. The highest BCUT2D eigenvalue weighted by Crippen LogP contribution is 2.24. The van der Waals surface area contributed by atoms with Crippen LogP contribution in [0, 0.1) is 5.92 Å². The Kier molecular flexibility index (Phi) is 6.92. The molecule has 1 heterocycles. The molecule has 1 unspecified atom stereocenters. The van der Waals surface area contributed by atoms with Gasteiger partial charge >= 0.3 is 0 Å². The summed E-state index contributed by atoms with van der Waals surface area (Å²) < 4.78 is 4.93. The molecule has 0 aromatic carbocycles. The van der Waals surface area contributed by atoms with Gasteiger partial charge in [0, 0.05) is 37.7 Å². The number of ether oxygens (including phenoxy) is 1. The zero-order valence-electron chi connectivity index (χ0n) is 11.1. The second kappa shape index (κ2) is 7.95. The number of hydrogen-bond donors (Lipinski definition) is 1. The maximum absolute atomic E-state index is 11.9. The molecule has 0 bridgehead atoms. The van der Waals surface area contributed by atoms with Crippen molar-refractivity contribution in [1.29, 1.82) is 0 Å². The Labute approximate surface area is 108 Å². The number of nitrogens with zero attached hydrogens (tertiary/aromatic N) is 1. The van der Waals surface area contributed by atoms with E-state index in [1.165, 1.54) is 0 Å². The summed E-state index contributed by atoms with van der Waals surface area (Å²) >= 11 is 1.99. The first-order chi connectivity index (χ1) is 8.15. The monoisotopic (exact) mass is 260 g/mol. The molecule has 1 atom stereocenters. The fourth-order valence-electron chi connectivity index (χ4n) is 1.79. The Morgan fingerprint density at radius 3 is 3.00 bits per heavy atom. The highest BCUT2D eigenvalue weighted by atomic mass is 32.2. The number of amides is 1. The summed E-state index contributed by atoms with van der Waals surface area (Å²) in [4.78, 5) is 13.9. The number of thioether (sulfide) groups is 1. The van der Waals surface area contributed by atoms with E-state index in [1.54, 1.807) is 7.11 Å². The lowest BCUT2D eigenvalue weighted by molar-refractivity contribution is -0.130. The van der Waals surface area contributed by atoms with Crippen molar-refractivity contribution >= 4 is 17.7 Å². The molecule has 1 fully saturated rings. The molecule has 0 aliphatic carbocycles. The first-order valence-electron chi connectivity index (χ1n) is 6.24. The lowest BCUT2D eigenvalue weighted by Crippen LogP contribution is -2.47. The van der Waals surface area contributed by atoms with Gasteiger partial charge in [0.15, 0.2) is 0 Å². The van der Waals surface area contributed by atoms with Crippen LogP contribution in [0.5, 0.6) is 0 Å². The van der Waals surface area contributed by atoms with Gasteiger partial charge in [-0.05, 0) is 5.92 Å². The van der Waals surface area contributed by atoms with Crippen molar-refractivity contribution in [2.75, 3.05) is 45.6 Å². The minimum absolute atomic E-state index is 0.215. The molecule has 1 rings (SSSR count). The van der Waals surface area contributed by atoms with Crippen LogP contribution >= 0.6 is 11.8 Å². The van der Waals surface area contributed by atoms with E-state index in [1.807, 2.05) is 16.7 Å². The van der Waals surface area contributed by atoms with E-state index in [9.17, 15) is 4.79 Å². The van der Waals surface area contributed by atoms with Crippen molar-refractivity contribution < 1.29 is 9.53 Å². The molecule has 1 saturated heterocycles. The van der Waals surface area contributed by atoms with E-state index in [0.717, 1.165) is 25.4 Å². The molecule has 17 heavy (non-hydrogen) atoms. The Morgan fingerprint density at radius 2 is 2.35 bits per heavy atom. The SMILES string of the molecule is COCCNCC(=O)N1CCSC(C(C)C)C1. The van der Waals surface area contributed by atoms with Crippen LogP contribution in [0.4, 0.5) is 0 Å². The summed E-state index contributed by atoms with van der Waals surface area (Å²) in [6, 6.07) is 0. The number of carbonyl (C=O) groups excluding carboxylic acids is 1. The van der Waals surface area contributed by atoms with Crippen LogP contribution in [-0.2, 0) is 9.53 Å². The maximum atomic E-state index is 11.9. The smallest absolute Gasteiger partial charge is 0.236 e. The highest BCUT2D eigenvalue weighted by Gasteiger charge is 2.25. The molecular weight excluding hydrogens is 236 g/mol. The van der Waals surface area contributed by atoms with Crippen molar-refractivity contribution in [3.8, 4) is 0 Å². The van der Waals surface area contributed by atoms with Gasteiger partial charge in [-0.25, -0.2) is 0 Å². The number of rotatable bonds is 6. The first-order valence-corrected chi connectivity index (χ1v) is 7.29. The molecule has 0 aromatic heterocycles. The van der Waals surface area contributed by atoms with Gasteiger partial charge in [0.1, 0.15) is 0 Å².